The number of benzene rings is 3. The van der Waals surface area contributed by atoms with Crippen LogP contribution in [0.3, 0.4) is 0 Å². The first-order valence-electron chi connectivity index (χ1n) is 10.1. The highest BCUT2D eigenvalue weighted by atomic mass is 16.5. The van der Waals surface area contributed by atoms with Gasteiger partial charge in [0, 0.05) is 42.3 Å². The molecule has 1 aromatic heterocycles. The number of aryl methyl sites for hydroxylation is 1. The van der Waals surface area contributed by atoms with Gasteiger partial charge in [0.1, 0.15) is 18.5 Å². The third-order valence-electron chi connectivity index (χ3n) is 5.51. The maximum atomic E-state index is 12.1. The Bertz CT molecular complexity index is 1230. The summed E-state index contributed by atoms with van der Waals surface area (Å²) in [7, 11) is 5.29. The molecular weight excluding hydrogens is 390 g/mol. The van der Waals surface area contributed by atoms with E-state index in [1.165, 1.54) is 0 Å². The van der Waals surface area contributed by atoms with E-state index in [9.17, 15) is 4.79 Å². The average molecular weight is 417 g/mol. The molecule has 0 bridgehead atoms. The SMILES string of the molecule is COc1cc(-c2c3ccccc3[n+](C)c3ccccc23)c(OC)cc1NC(=O)CCN. The second-order valence-corrected chi connectivity index (χ2v) is 7.31. The molecule has 0 radical (unpaired) electrons. The van der Waals surface area contributed by atoms with Crippen LogP contribution in [0.15, 0.2) is 60.7 Å². The summed E-state index contributed by atoms with van der Waals surface area (Å²) in [6, 6.07) is 20.3. The summed E-state index contributed by atoms with van der Waals surface area (Å²) in [4.78, 5) is 12.1. The van der Waals surface area contributed by atoms with Crippen LogP contribution in [-0.2, 0) is 11.8 Å². The Morgan fingerprint density at radius 1 is 0.935 bits per heavy atom. The van der Waals surface area contributed by atoms with Gasteiger partial charge in [-0.15, -0.1) is 0 Å². The minimum absolute atomic E-state index is 0.168. The van der Waals surface area contributed by atoms with Crippen LogP contribution in [0.2, 0.25) is 0 Å². The Morgan fingerprint density at radius 3 is 2.06 bits per heavy atom. The Hall–Kier alpha value is -3.64. The molecule has 3 aromatic carbocycles. The van der Waals surface area contributed by atoms with Crippen molar-refractivity contribution in [1.82, 2.24) is 0 Å². The number of carbonyl (C=O) groups excluding carboxylic acids is 1. The Labute approximate surface area is 181 Å². The summed E-state index contributed by atoms with van der Waals surface area (Å²) >= 11 is 0. The van der Waals surface area contributed by atoms with Crippen LogP contribution in [0, 0.1) is 0 Å². The van der Waals surface area contributed by atoms with Crippen molar-refractivity contribution in [2.45, 2.75) is 6.42 Å². The van der Waals surface area contributed by atoms with Crippen molar-refractivity contribution in [3.05, 3.63) is 60.7 Å². The van der Waals surface area contributed by atoms with Gasteiger partial charge in [-0.05, 0) is 18.2 Å². The van der Waals surface area contributed by atoms with Gasteiger partial charge in [-0.2, -0.15) is 4.57 Å². The van der Waals surface area contributed by atoms with Crippen molar-refractivity contribution in [3.8, 4) is 22.6 Å². The molecule has 0 aliphatic rings. The van der Waals surface area contributed by atoms with Gasteiger partial charge in [-0.1, -0.05) is 24.3 Å². The molecule has 1 heterocycles. The minimum Gasteiger partial charge on any atom is -0.496 e. The fraction of sp³-hybridized carbons (Fsp3) is 0.200. The summed E-state index contributed by atoms with van der Waals surface area (Å²) in [5.41, 5.74) is 10.2. The van der Waals surface area contributed by atoms with E-state index in [4.69, 9.17) is 15.2 Å². The number of para-hydroxylation sites is 2. The molecule has 6 heteroatoms. The number of carbonyl (C=O) groups is 1. The molecular formula is C25H26N3O3+. The number of pyridine rings is 1. The lowest BCUT2D eigenvalue weighted by atomic mass is 9.94. The second-order valence-electron chi connectivity index (χ2n) is 7.31. The standard InChI is InChI=1S/C25H25N3O3/c1-28-20-10-6-4-8-16(20)25(17-9-5-7-11-21(17)28)18-14-23(31-3)19(15-22(18)30-2)27-24(29)12-13-26/h4-11,14-15H,12-13,26H2,1-3H3/p+1. The predicted octanol–water partition coefficient (Wildman–Crippen LogP) is 3.79. The monoisotopic (exact) mass is 416 g/mol. The number of nitrogens with zero attached hydrogens (tertiary/aromatic N) is 1. The molecule has 1 amide bonds. The first-order valence-corrected chi connectivity index (χ1v) is 10.1. The molecule has 0 atom stereocenters. The maximum absolute atomic E-state index is 12.1. The summed E-state index contributed by atoms with van der Waals surface area (Å²) in [6.45, 7) is 0.280. The van der Waals surface area contributed by atoms with Crippen LogP contribution in [-0.4, -0.2) is 26.7 Å². The van der Waals surface area contributed by atoms with Gasteiger partial charge in [-0.3, -0.25) is 4.79 Å². The molecule has 0 saturated heterocycles. The van der Waals surface area contributed by atoms with Gasteiger partial charge in [0.15, 0.2) is 0 Å². The van der Waals surface area contributed by atoms with Gasteiger partial charge in [0.25, 0.3) is 0 Å². The molecule has 0 aliphatic carbocycles. The topological polar surface area (TPSA) is 77.5 Å². The van der Waals surface area contributed by atoms with Crippen LogP contribution in [0.25, 0.3) is 32.9 Å². The number of hydrogen-bond donors (Lipinski definition) is 2. The average Bonchev–Trinajstić information content (AvgIpc) is 2.80. The van der Waals surface area contributed by atoms with Crippen LogP contribution in [0.1, 0.15) is 6.42 Å². The lowest BCUT2D eigenvalue weighted by Gasteiger charge is -2.17. The van der Waals surface area contributed by atoms with E-state index in [2.05, 4.69) is 41.2 Å². The molecule has 6 nitrogen and oxygen atoms in total. The summed E-state index contributed by atoms with van der Waals surface area (Å²) < 4.78 is 13.6. The Kier molecular flexibility index (Phi) is 5.73. The molecule has 3 N–H and O–H groups in total. The van der Waals surface area contributed by atoms with E-state index in [1.807, 2.05) is 30.3 Å². The van der Waals surface area contributed by atoms with E-state index in [0.29, 0.717) is 17.2 Å². The fourth-order valence-corrected chi connectivity index (χ4v) is 4.05. The first kappa shape index (κ1) is 20.6. The van der Waals surface area contributed by atoms with Crippen LogP contribution in [0.5, 0.6) is 11.5 Å². The van der Waals surface area contributed by atoms with E-state index in [-0.39, 0.29) is 18.9 Å². The number of nitrogens with two attached hydrogens (primary N) is 1. The van der Waals surface area contributed by atoms with Crippen molar-refractivity contribution < 1.29 is 18.8 Å². The van der Waals surface area contributed by atoms with Gasteiger partial charge in [0.05, 0.1) is 30.7 Å². The molecule has 0 unspecified atom stereocenters. The number of methoxy groups -OCH3 is 2. The van der Waals surface area contributed by atoms with Crippen LogP contribution in [0.4, 0.5) is 5.69 Å². The highest BCUT2D eigenvalue weighted by molar-refractivity contribution is 6.09. The maximum Gasteiger partial charge on any atom is 0.225 e. The zero-order valence-electron chi connectivity index (χ0n) is 17.9. The number of ether oxygens (including phenoxy) is 2. The van der Waals surface area contributed by atoms with Crippen LogP contribution < -0.4 is 25.1 Å². The molecule has 4 aromatic rings. The third kappa shape index (κ3) is 3.66. The number of nitrogens with one attached hydrogen (secondary N) is 1. The Balaban J connectivity index is 2.03. The molecule has 158 valence electrons. The molecule has 0 aliphatic heterocycles. The molecule has 0 spiro atoms. The van der Waals surface area contributed by atoms with E-state index in [1.54, 1.807) is 20.3 Å². The summed E-state index contributed by atoms with van der Waals surface area (Å²) in [6.07, 6.45) is 0.234. The molecule has 4 rings (SSSR count). The lowest BCUT2D eigenvalue weighted by molar-refractivity contribution is -0.617. The van der Waals surface area contributed by atoms with Crippen molar-refractivity contribution in [3.63, 3.8) is 0 Å². The van der Waals surface area contributed by atoms with Gasteiger partial charge >= 0.3 is 0 Å². The van der Waals surface area contributed by atoms with Crippen molar-refractivity contribution in [2.75, 3.05) is 26.1 Å². The van der Waals surface area contributed by atoms with Crippen LogP contribution >= 0.6 is 0 Å². The molecule has 0 saturated carbocycles. The number of amides is 1. The van der Waals surface area contributed by atoms with Gasteiger partial charge < -0.3 is 20.5 Å². The largest absolute Gasteiger partial charge is 0.496 e. The smallest absolute Gasteiger partial charge is 0.225 e. The number of rotatable bonds is 6. The van der Waals surface area contributed by atoms with Gasteiger partial charge in [0.2, 0.25) is 16.9 Å². The van der Waals surface area contributed by atoms with Crippen molar-refractivity contribution in [2.24, 2.45) is 12.8 Å². The third-order valence-corrected chi connectivity index (χ3v) is 5.51. The molecule has 0 fully saturated rings. The second kappa shape index (κ2) is 8.62. The number of aromatic nitrogens is 1. The van der Waals surface area contributed by atoms with E-state index >= 15 is 0 Å². The normalized spacial score (nSPS) is 11.0. The fourth-order valence-electron chi connectivity index (χ4n) is 4.05. The Morgan fingerprint density at radius 2 is 1.52 bits per heavy atom. The first-order chi connectivity index (χ1) is 15.1. The van der Waals surface area contributed by atoms with Crippen molar-refractivity contribution in [1.29, 1.82) is 0 Å². The summed E-state index contributed by atoms with van der Waals surface area (Å²) in [5.74, 6) is 1.04. The quantitative estimate of drug-likeness (QED) is 0.370. The highest BCUT2D eigenvalue weighted by Gasteiger charge is 2.22. The van der Waals surface area contributed by atoms with Gasteiger partial charge in [-0.25, -0.2) is 0 Å². The number of fused-ring (bicyclic) bond motifs is 2. The predicted molar refractivity (Wildman–Crippen MR) is 123 cm³/mol. The summed E-state index contributed by atoms with van der Waals surface area (Å²) in [5, 5.41) is 5.07. The zero-order chi connectivity index (χ0) is 22.0. The van der Waals surface area contributed by atoms with E-state index < -0.39 is 0 Å². The van der Waals surface area contributed by atoms with E-state index in [0.717, 1.165) is 32.9 Å². The lowest BCUT2D eigenvalue weighted by Crippen LogP contribution is -2.30. The molecule has 31 heavy (non-hydrogen) atoms. The van der Waals surface area contributed by atoms with Crippen molar-refractivity contribution >= 4 is 33.4 Å². The zero-order valence-corrected chi connectivity index (χ0v) is 17.9. The number of hydrogen-bond acceptors (Lipinski definition) is 4. The minimum atomic E-state index is -0.168. The highest BCUT2D eigenvalue weighted by Crippen LogP contribution is 2.43. The number of anilines is 1.